The lowest BCUT2D eigenvalue weighted by Gasteiger charge is -2.18. The molecule has 3 N–H and O–H groups in total. The fourth-order valence-corrected chi connectivity index (χ4v) is 2.56. The van der Waals surface area contributed by atoms with Gasteiger partial charge in [0.05, 0.1) is 22.7 Å². The number of amides is 4. The minimum Gasteiger partial charge on any atom is -0.369 e. The molecule has 4 amide bonds. The summed E-state index contributed by atoms with van der Waals surface area (Å²) >= 11 is 0. The zero-order valence-electron chi connectivity index (χ0n) is 10.4. The molecule has 3 rings (SSSR count). The molecule has 0 aromatic heterocycles. The maximum Gasteiger partial charge on any atom is 0.261 e. The van der Waals surface area contributed by atoms with Crippen LogP contribution in [0.5, 0.6) is 0 Å². The van der Waals surface area contributed by atoms with E-state index in [4.69, 9.17) is 5.73 Å². The van der Waals surface area contributed by atoms with Gasteiger partial charge in [-0.15, -0.1) is 0 Å². The number of nitrogens with one attached hydrogen (secondary N) is 1. The van der Waals surface area contributed by atoms with Gasteiger partial charge >= 0.3 is 0 Å². The number of imide groups is 1. The van der Waals surface area contributed by atoms with Crippen LogP contribution in [0.4, 0.5) is 5.69 Å². The predicted octanol–water partition coefficient (Wildman–Crippen LogP) is -0.592. The van der Waals surface area contributed by atoms with Gasteiger partial charge in [-0.1, -0.05) is 6.07 Å². The Balaban J connectivity index is 2.05. The summed E-state index contributed by atoms with van der Waals surface area (Å²) in [6.45, 7) is 0.131. The van der Waals surface area contributed by atoms with Crippen molar-refractivity contribution < 1.29 is 19.2 Å². The minimum atomic E-state index is -0.571. The maximum absolute atomic E-state index is 12.0. The molecule has 102 valence electrons. The summed E-state index contributed by atoms with van der Waals surface area (Å²) in [5.74, 6) is -2.41. The van der Waals surface area contributed by atoms with Crippen LogP contribution in [-0.2, 0) is 9.59 Å². The highest BCUT2D eigenvalue weighted by Gasteiger charge is 2.38. The third-order valence-electron chi connectivity index (χ3n) is 3.56. The van der Waals surface area contributed by atoms with Gasteiger partial charge in [-0.25, -0.2) is 0 Å². The summed E-state index contributed by atoms with van der Waals surface area (Å²) in [4.78, 5) is 47.9. The van der Waals surface area contributed by atoms with Crippen molar-refractivity contribution in [3.63, 3.8) is 0 Å². The summed E-state index contributed by atoms with van der Waals surface area (Å²) in [6.07, 6.45) is 0.0224. The van der Waals surface area contributed by atoms with Crippen LogP contribution >= 0.6 is 0 Å². The molecular weight excluding hydrogens is 262 g/mol. The minimum absolute atomic E-state index is 0.0224. The molecule has 7 heteroatoms. The van der Waals surface area contributed by atoms with Crippen molar-refractivity contribution in [3.05, 3.63) is 29.3 Å². The summed E-state index contributed by atoms with van der Waals surface area (Å²) in [5.41, 5.74) is 5.97. The van der Waals surface area contributed by atoms with Gasteiger partial charge in [0.2, 0.25) is 11.8 Å². The fraction of sp³-hybridized carbons (Fsp3) is 0.231. The highest BCUT2D eigenvalue weighted by Crippen LogP contribution is 2.32. The summed E-state index contributed by atoms with van der Waals surface area (Å²) in [6, 6.07) is 4.70. The summed E-state index contributed by atoms with van der Waals surface area (Å²) in [7, 11) is 0. The number of primary amides is 1. The quantitative estimate of drug-likeness (QED) is 0.701. The lowest BCUT2D eigenvalue weighted by atomic mass is 10.1. The molecule has 1 aromatic rings. The molecule has 2 aliphatic rings. The van der Waals surface area contributed by atoms with Gasteiger partial charge < -0.3 is 10.6 Å². The van der Waals surface area contributed by atoms with Crippen molar-refractivity contribution in [3.8, 4) is 0 Å². The first kappa shape index (κ1) is 12.3. The van der Waals surface area contributed by atoms with E-state index in [-0.39, 0.29) is 30.0 Å². The molecule has 0 radical (unpaired) electrons. The number of rotatable bonds is 2. The van der Waals surface area contributed by atoms with E-state index in [1.165, 1.54) is 11.0 Å². The molecule has 1 aromatic carbocycles. The first-order valence-corrected chi connectivity index (χ1v) is 6.07. The largest absolute Gasteiger partial charge is 0.369 e. The first-order valence-electron chi connectivity index (χ1n) is 6.07. The highest BCUT2D eigenvalue weighted by molar-refractivity contribution is 6.24. The molecule has 0 aliphatic carbocycles. The van der Waals surface area contributed by atoms with Crippen LogP contribution in [-0.4, -0.2) is 30.2 Å². The van der Waals surface area contributed by atoms with Crippen LogP contribution in [0.1, 0.15) is 27.1 Å². The number of nitrogens with zero attached hydrogens (tertiary/aromatic N) is 1. The topological polar surface area (TPSA) is 110 Å². The van der Waals surface area contributed by atoms with Crippen LogP contribution in [0, 0.1) is 5.92 Å². The van der Waals surface area contributed by atoms with Gasteiger partial charge in [-0.05, 0) is 12.1 Å². The first-order chi connectivity index (χ1) is 9.49. The normalized spacial score (nSPS) is 21.1. The third-order valence-corrected chi connectivity index (χ3v) is 3.56. The number of carbonyl (C=O) groups is 4. The van der Waals surface area contributed by atoms with E-state index in [0.29, 0.717) is 5.69 Å². The van der Waals surface area contributed by atoms with E-state index in [1.54, 1.807) is 12.1 Å². The maximum atomic E-state index is 12.0. The summed E-state index contributed by atoms with van der Waals surface area (Å²) < 4.78 is 0. The zero-order chi connectivity index (χ0) is 14.4. The molecule has 1 atom stereocenters. The van der Waals surface area contributed by atoms with Crippen molar-refractivity contribution in [1.29, 1.82) is 0 Å². The van der Waals surface area contributed by atoms with E-state index < -0.39 is 23.6 Å². The van der Waals surface area contributed by atoms with Gasteiger partial charge in [0.25, 0.3) is 11.8 Å². The lowest BCUT2D eigenvalue weighted by molar-refractivity contribution is -0.123. The van der Waals surface area contributed by atoms with Gasteiger partial charge in [0.15, 0.2) is 0 Å². The van der Waals surface area contributed by atoms with E-state index >= 15 is 0 Å². The van der Waals surface area contributed by atoms with Crippen molar-refractivity contribution in [2.45, 2.75) is 6.42 Å². The Bertz CT molecular complexity index is 668. The fourth-order valence-electron chi connectivity index (χ4n) is 2.56. The zero-order valence-corrected chi connectivity index (χ0v) is 10.4. The standard InChI is InChI=1S/C13H11N3O4/c14-11(18)6-4-9(17)16(5-6)8-3-1-2-7-10(8)13(20)15-12(7)19/h1-3,6H,4-5H2,(H2,14,18)(H,15,19,20). The van der Waals surface area contributed by atoms with Crippen molar-refractivity contribution in [2.75, 3.05) is 11.4 Å². The Morgan fingerprint density at radius 3 is 2.65 bits per heavy atom. The Kier molecular flexibility index (Phi) is 2.56. The second kappa shape index (κ2) is 4.16. The number of benzene rings is 1. The lowest BCUT2D eigenvalue weighted by Crippen LogP contribution is -2.29. The second-order valence-electron chi connectivity index (χ2n) is 4.79. The van der Waals surface area contributed by atoms with E-state index in [9.17, 15) is 19.2 Å². The van der Waals surface area contributed by atoms with E-state index in [1.807, 2.05) is 0 Å². The number of carbonyl (C=O) groups excluding carboxylic acids is 4. The Morgan fingerprint density at radius 1 is 1.25 bits per heavy atom. The van der Waals surface area contributed by atoms with Crippen molar-refractivity contribution in [1.82, 2.24) is 5.32 Å². The number of anilines is 1. The predicted molar refractivity (Wildman–Crippen MR) is 67.9 cm³/mol. The average Bonchev–Trinajstić information content (AvgIpc) is 2.92. The SMILES string of the molecule is NC(=O)C1CC(=O)N(c2cccc3c2C(=O)NC3=O)C1. The summed E-state index contributed by atoms with van der Waals surface area (Å²) in [5, 5.41) is 2.19. The molecule has 0 saturated carbocycles. The number of hydrogen-bond donors (Lipinski definition) is 2. The smallest absolute Gasteiger partial charge is 0.261 e. The second-order valence-corrected chi connectivity index (χ2v) is 4.79. The number of fused-ring (bicyclic) bond motifs is 1. The highest BCUT2D eigenvalue weighted by atomic mass is 16.2. The van der Waals surface area contributed by atoms with Crippen LogP contribution in [0.3, 0.4) is 0 Å². The number of hydrogen-bond acceptors (Lipinski definition) is 4. The molecule has 1 unspecified atom stereocenters. The van der Waals surface area contributed by atoms with Crippen LogP contribution < -0.4 is 16.0 Å². The molecule has 0 bridgehead atoms. The third kappa shape index (κ3) is 1.67. The Labute approximate surface area is 113 Å². The van der Waals surface area contributed by atoms with Crippen LogP contribution in [0.25, 0.3) is 0 Å². The van der Waals surface area contributed by atoms with Crippen LogP contribution in [0.15, 0.2) is 18.2 Å². The van der Waals surface area contributed by atoms with Crippen molar-refractivity contribution in [2.24, 2.45) is 11.7 Å². The van der Waals surface area contributed by atoms with E-state index in [0.717, 1.165) is 0 Å². The molecule has 2 heterocycles. The van der Waals surface area contributed by atoms with Gasteiger partial charge in [-0.2, -0.15) is 0 Å². The molecule has 0 spiro atoms. The monoisotopic (exact) mass is 273 g/mol. The van der Waals surface area contributed by atoms with Crippen molar-refractivity contribution >= 4 is 29.3 Å². The van der Waals surface area contributed by atoms with Gasteiger partial charge in [0, 0.05) is 13.0 Å². The van der Waals surface area contributed by atoms with Gasteiger partial charge in [-0.3, -0.25) is 24.5 Å². The Morgan fingerprint density at radius 2 is 2.00 bits per heavy atom. The van der Waals surface area contributed by atoms with Gasteiger partial charge in [0.1, 0.15) is 0 Å². The molecule has 1 saturated heterocycles. The average molecular weight is 273 g/mol. The molecule has 7 nitrogen and oxygen atoms in total. The Hall–Kier alpha value is -2.70. The number of nitrogens with two attached hydrogens (primary N) is 1. The molecule has 1 fully saturated rings. The molecule has 20 heavy (non-hydrogen) atoms. The van der Waals surface area contributed by atoms with E-state index in [2.05, 4.69) is 5.32 Å². The molecular formula is C13H11N3O4. The van der Waals surface area contributed by atoms with Crippen LogP contribution in [0.2, 0.25) is 0 Å². The molecule has 2 aliphatic heterocycles.